The number of nitrogens with one attached hydrogen (secondary N) is 1. The zero-order valence-corrected chi connectivity index (χ0v) is 23.8. The van der Waals surface area contributed by atoms with Gasteiger partial charge in [-0.05, 0) is 52.2 Å². The maximum atomic E-state index is 13.9. The van der Waals surface area contributed by atoms with Crippen LogP contribution in [-0.2, 0) is 32.6 Å². The van der Waals surface area contributed by atoms with Crippen molar-refractivity contribution in [1.82, 2.24) is 10.2 Å². The third-order valence-corrected chi connectivity index (χ3v) is 7.89. The first-order chi connectivity index (χ1) is 17.6. The van der Waals surface area contributed by atoms with Crippen LogP contribution in [0.4, 0.5) is 5.69 Å². The fraction of sp³-hybridized carbons (Fsp3) is 0.259. The van der Waals surface area contributed by atoms with Crippen LogP contribution in [0.3, 0.4) is 0 Å². The lowest BCUT2D eigenvalue weighted by Gasteiger charge is -2.33. The highest BCUT2D eigenvalue weighted by atomic mass is 79.9. The molecular formula is C27H29BrClN3O4S. The first-order valence-electron chi connectivity index (χ1n) is 11.7. The smallest absolute Gasteiger partial charge is 0.244 e. The molecular weight excluding hydrogens is 578 g/mol. The van der Waals surface area contributed by atoms with Crippen LogP contribution in [0.15, 0.2) is 83.3 Å². The summed E-state index contributed by atoms with van der Waals surface area (Å²) in [7, 11) is -3.84. The van der Waals surface area contributed by atoms with E-state index < -0.39 is 28.5 Å². The molecule has 2 amide bonds. The minimum atomic E-state index is -3.84. The minimum absolute atomic E-state index is 0.0285. The first-order valence-corrected chi connectivity index (χ1v) is 14.7. The highest BCUT2D eigenvalue weighted by Gasteiger charge is 2.33. The summed E-state index contributed by atoms with van der Waals surface area (Å²) >= 11 is 9.81. The van der Waals surface area contributed by atoms with Crippen molar-refractivity contribution in [2.24, 2.45) is 0 Å². The number of carbonyl (C=O) groups excluding carboxylic acids is 2. The van der Waals surface area contributed by atoms with E-state index in [4.69, 9.17) is 11.6 Å². The summed E-state index contributed by atoms with van der Waals surface area (Å²) in [5.41, 5.74) is 1.84. The second-order valence-corrected chi connectivity index (χ2v) is 11.6. The number of sulfonamides is 1. The van der Waals surface area contributed by atoms with Crippen molar-refractivity contribution >= 4 is 55.1 Å². The van der Waals surface area contributed by atoms with Gasteiger partial charge in [0.05, 0.1) is 11.9 Å². The number of nitrogens with zero attached hydrogens (tertiary/aromatic N) is 2. The van der Waals surface area contributed by atoms with Gasteiger partial charge in [0.25, 0.3) is 0 Å². The Kier molecular flexibility index (Phi) is 10.1. The molecule has 0 aliphatic carbocycles. The van der Waals surface area contributed by atoms with Gasteiger partial charge in [-0.1, -0.05) is 72.3 Å². The number of halogens is 2. The molecule has 0 fully saturated rings. The van der Waals surface area contributed by atoms with Crippen molar-refractivity contribution in [3.63, 3.8) is 0 Å². The van der Waals surface area contributed by atoms with E-state index in [2.05, 4.69) is 21.2 Å². The quantitative estimate of drug-likeness (QED) is 0.345. The van der Waals surface area contributed by atoms with Gasteiger partial charge in [0.1, 0.15) is 12.6 Å². The molecule has 0 heterocycles. The molecule has 0 aromatic heterocycles. The van der Waals surface area contributed by atoms with Gasteiger partial charge in [0, 0.05) is 29.0 Å². The lowest BCUT2D eigenvalue weighted by atomic mass is 10.0. The van der Waals surface area contributed by atoms with Crippen molar-refractivity contribution < 1.29 is 18.0 Å². The van der Waals surface area contributed by atoms with Crippen molar-refractivity contribution in [3.05, 3.63) is 99.5 Å². The molecule has 3 aromatic carbocycles. The van der Waals surface area contributed by atoms with Crippen molar-refractivity contribution in [1.29, 1.82) is 0 Å². The molecule has 0 radical (unpaired) electrons. The van der Waals surface area contributed by atoms with Gasteiger partial charge >= 0.3 is 0 Å². The normalized spacial score (nSPS) is 12.0. The molecule has 3 aromatic rings. The lowest BCUT2D eigenvalue weighted by Crippen LogP contribution is -2.53. The van der Waals surface area contributed by atoms with Gasteiger partial charge in [-0.3, -0.25) is 13.9 Å². The summed E-state index contributed by atoms with van der Waals surface area (Å²) in [6.07, 6.45) is 1.29. The Balaban J connectivity index is 2.06. The van der Waals surface area contributed by atoms with E-state index in [0.717, 1.165) is 16.1 Å². The van der Waals surface area contributed by atoms with Gasteiger partial charge in [-0.25, -0.2) is 8.42 Å². The largest absolute Gasteiger partial charge is 0.355 e. The Hall–Kier alpha value is -2.88. The number of hydrogen-bond donors (Lipinski definition) is 1. The molecule has 0 spiro atoms. The number of anilines is 1. The fourth-order valence-electron chi connectivity index (χ4n) is 3.90. The third-order valence-electron chi connectivity index (χ3n) is 5.72. The zero-order chi connectivity index (χ0) is 27.0. The van der Waals surface area contributed by atoms with Gasteiger partial charge in [-0.2, -0.15) is 0 Å². The minimum Gasteiger partial charge on any atom is -0.355 e. The van der Waals surface area contributed by atoms with E-state index in [-0.39, 0.29) is 18.9 Å². The number of benzene rings is 3. The molecule has 7 nitrogen and oxygen atoms in total. The van der Waals surface area contributed by atoms with E-state index in [1.54, 1.807) is 55.5 Å². The van der Waals surface area contributed by atoms with Crippen LogP contribution in [0.1, 0.15) is 18.1 Å². The van der Waals surface area contributed by atoms with Crippen LogP contribution in [0.25, 0.3) is 0 Å². The van der Waals surface area contributed by atoms with Crippen LogP contribution >= 0.6 is 27.5 Å². The lowest BCUT2D eigenvalue weighted by molar-refractivity contribution is -0.140. The maximum Gasteiger partial charge on any atom is 0.244 e. The number of amides is 2. The monoisotopic (exact) mass is 605 g/mol. The summed E-state index contributed by atoms with van der Waals surface area (Å²) in [6, 6.07) is 22.3. The van der Waals surface area contributed by atoms with Gasteiger partial charge in [0.15, 0.2) is 0 Å². The van der Waals surface area contributed by atoms with Crippen LogP contribution in [0, 0.1) is 0 Å². The van der Waals surface area contributed by atoms with Crippen LogP contribution in [-0.4, -0.2) is 50.5 Å². The third kappa shape index (κ3) is 7.80. The highest BCUT2D eigenvalue weighted by Crippen LogP contribution is 2.28. The standard InChI is InChI=1S/C27H29BrClN3O4S/c1-3-30-27(34)25(17-20-11-5-4-6-12-20)31(18-21-13-7-9-15-23(21)29)26(33)19-32(37(2,35)36)24-16-10-8-14-22(24)28/h4-16,25H,3,17-19H2,1-2H3,(H,30,34). The predicted octanol–water partition coefficient (Wildman–Crippen LogP) is 4.64. The number of para-hydroxylation sites is 1. The zero-order valence-electron chi connectivity index (χ0n) is 20.6. The molecule has 1 unspecified atom stereocenters. The van der Waals surface area contributed by atoms with E-state index in [0.29, 0.717) is 27.3 Å². The molecule has 0 saturated heterocycles. The first kappa shape index (κ1) is 28.7. The summed E-state index contributed by atoms with van der Waals surface area (Å²) in [6.45, 7) is 1.72. The van der Waals surface area contributed by atoms with Crippen molar-refractivity contribution in [2.75, 3.05) is 23.7 Å². The molecule has 196 valence electrons. The molecule has 1 atom stereocenters. The molecule has 3 rings (SSSR count). The molecule has 0 aliphatic rings. The SMILES string of the molecule is CCNC(=O)C(Cc1ccccc1)N(Cc1ccccc1Cl)C(=O)CN(c1ccccc1Br)S(C)(=O)=O. The van der Waals surface area contributed by atoms with Crippen LogP contribution in [0.5, 0.6) is 0 Å². The Bertz CT molecular complexity index is 1340. The van der Waals surface area contributed by atoms with Gasteiger partial charge in [0.2, 0.25) is 21.8 Å². The van der Waals surface area contributed by atoms with E-state index in [9.17, 15) is 18.0 Å². The summed E-state index contributed by atoms with van der Waals surface area (Å²) < 4.78 is 27.1. The van der Waals surface area contributed by atoms with E-state index in [1.807, 2.05) is 30.3 Å². The van der Waals surface area contributed by atoms with E-state index in [1.165, 1.54) is 4.90 Å². The van der Waals surface area contributed by atoms with Gasteiger partial charge < -0.3 is 10.2 Å². The Labute approximate surface area is 231 Å². The predicted molar refractivity (Wildman–Crippen MR) is 151 cm³/mol. The molecule has 0 bridgehead atoms. The Morgan fingerprint density at radius 3 is 2.22 bits per heavy atom. The fourth-order valence-corrected chi connectivity index (χ4v) is 5.58. The summed E-state index contributed by atoms with van der Waals surface area (Å²) in [4.78, 5) is 28.6. The number of carbonyl (C=O) groups is 2. The summed E-state index contributed by atoms with van der Waals surface area (Å²) in [5, 5.41) is 3.27. The van der Waals surface area contributed by atoms with Crippen molar-refractivity contribution in [2.45, 2.75) is 25.9 Å². The molecule has 1 N–H and O–H groups in total. The van der Waals surface area contributed by atoms with Crippen LogP contribution < -0.4 is 9.62 Å². The van der Waals surface area contributed by atoms with Crippen molar-refractivity contribution in [3.8, 4) is 0 Å². The Morgan fingerprint density at radius 1 is 0.973 bits per heavy atom. The summed E-state index contributed by atoms with van der Waals surface area (Å²) in [5.74, 6) is -0.869. The maximum absolute atomic E-state index is 13.9. The number of hydrogen-bond acceptors (Lipinski definition) is 4. The van der Waals surface area contributed by atoms with Gasteiger partial charge in [-0.15, -0.1) is 0 Å². The molecule has 10 heteroatoms. The second-order valence-electron chi connectivity index (χ2n) is 8.43. The molecule has 37 heavy (non-hydrogen) atoms. The van der Waals surface area contributed by atoms with Crippen LogP contribution in [0.2, 0.25) is 5.02 Å². The average Bonchev–Trinajstić information content (AvgIpc) is 2.86. The Morgan fingerprint density at radius 2 is 1.59 bits per heavy atom. The molecule has 0 aliphatic heterocycles. The second kappa shape index (κ2) is 13.1. The number of rotatable bonds is 11. The average molecular weight is 607 g/mol. The van der Waals surface area contributed by atoms with E-state index >= 15 is 0 Å². The number of likely N-dealkylation sites (N-methyl/N-ethyl adjacent to an activating group) is 1. The highest BCUT2D eigenvalue weighted by molar-refractivity contribution is 9.10. The molecule has 0 saturated carbocycles. The topological polar surface area (TPSA) is 86.8 Å².